The van der Waals surface area contributed by atoms with Crippen molar-refractivity contribution in [3.63, 3.8) is 0 Å². The standard InChI is InChI=1S/C25H24N2O5S3/c1-25(2)31-14-16(32-25)13-30-22(28)12-27-23(29)21(35-24(27)33)11-15-8-9-18-20(10-15)34-19-7-5-4-6-17(19)26(18)3/h4-11,16H,12-14H2,1-3H3/b21-11+. The van der Waals surface area contributed by atoms with Gasteiger partial charge in [-0.25, -0.2) is 0 Å². The topological polar surface area (TPSA) is 68.3 Å². The zero-order valence-electron chi connectivity index (χ0n) is 19.5. The second kappa shape index (κ2) is 9.59. The number of esters is 1. The molecule has 0 radical (unpaired) electrons. The molecule has 3 heterocycles. The quantitative estimate of drug-likeness (QED) is 0.309. The fourth-order valence-electron chi connectivity index (χ4n) is 4.04. The van der Waals surface area contributed by atoms with Crippen LogP contribution < -0.4 is 4.90 Å². The van der Waals surface area contributed by atoms with E-state index >= 15 is 0 Å². The van der Waals surface area contributed by atoms with Gasteiger partial charge < -0.3 is 19.1 Å². The summed E-state index contributed by atoms with van der Waals surface area (Å²) in [4.78, 5) is 31.6. The smallest absolute Gasteiger partial charge is 0.326 e. The predicted octanol–water partition coefficient (Wildman–Crippen LogP) is 4.82. The van der Waals surface area contributed by atoms with Crippen molar-refractivity contribution in [2.75, 3.05) is 31.7 Å². The van der Waals surface area contributed by atoms with Crippen LogP contribution in [0.1, 0.15) is 19.4 Å². The van der Waals surface area contributed by atoms with E-state index in [2.05, 4.69) is 29.2 Å². The highest BCUT2D eigenvalue weighted by Gasteiger charge is 2.36. The summed E-state index contributed by atoms with van der Waals surface area (Å²) < 4.78 is 16.7. The molecule has 3 aliphatic heterocycles. The normalized spacial score (nSPS) is 21.9. The average molecular weight is 529 g/mol. The van der Waals surface area contributed by atoms with Gasteiger partial charge in [0.2, 0.25) is 0 Å². The number of anilines is 2. The van der Waals surface area contributed by atoms with Crippen LogP contribution in [-0.4, -0.2) is 59.8 Å². The molecule has 3 aliphatic rings. The molecule has 1 atom stereocenters. The van der Waals surface area contributed by atoms with Gasteiger partial charge in [0.05, 0.1) is 22.9 Å². The van der Waals surface area contributed by atoms with Crippen molar-refractivity contribution in [3.05, 3.63) is 52.9 Å². The largest absolute Gasteiger partial charge is 0.461 e. The number of hydrogen-bond donors (Lipinski definition) is 0. The maximum atomic E-state index is 13.0. The van der Waals surface area contributed by atoms with Crippen LogP contribution in [0.15, 0.2) is 57.2 Å². The first kappa shape index (κ1) is 24.3. The Bertz CT molecular complexity index is 1250. The molecule has 2 saturated heterocycles. The number of carbonyl (C=O) groups excluding carboxylic acids is 2. The Morgan fingerprint density at radius 2 is 1.97 bits per heavy atom. The lowest BCUT2D eigenvalue weighted by atomic mass is 10.1. The Morgan fingerprint density at radius 3 is 2.74 bits per heavy atom. The number of carbonyl (C=O) groups is 2. The Hall–Kier alpha value is -2.37. The first-order valence-corrected chi connectivity index (χ1v) is 13.1. The molecule has 0 N–H and O–H groups in total. The van der Waals surface area contributed by atoms with Crippen molar-refractivity contribution >= 4 is 69.4 Å². The zero-order valence-corrected chi connectivity index (χ0v) is 21.9. The molecule has 0 bridgehead atoms. The molecule has 2 aromatic rings. The molecule has 10 heteroatoms. The number of rotatable bonds is 5. The second-order valence-electron chi connectivity index (χ2n) is 8.76. The van der Waals surface area contributed by atoms with Crippen molar-refractivity contribution in [1.29, 1.82) is 0 Å². The van der Waals surface area contributed by atoms with E-state index in [1.165, 1.54) is 27.2 Å². The van der Waals surface area contributed by atoms with Gasteiger partial charge in [0.15, 0.2) is 5.79 Å². The Kier molecular flexibility index (Phi) is 6.67. The highest BCUT2D eigenvalue weighted by molar-refractivity contribution is 8.26. The number of thioether (sulfide) groups is 1. The predicted molar refractivity (Wildman–Crippen MR) is 141 cm³/mol. The molecule has 1 unspecified atom stereocenters. The van der Waals surface area contributed by atoms with E-state index in [0.29, 0.717) is 15.8 Å². The molecule has 2 fully saturated rings. The van der Waals surface area contributed by atoms with Gasteiger partial charge >= 0.3 is 5.97 Å². The molecule has 35 heavy (non-hydrogen) atoms. The lowest BCUT2D eigenvalue weighted by Gasteiger charge is -2.29. The summed E-state index contributed by atoms with van der Waals surface area (Å²) in [6.45, 7) is 3.79. The van der Waals surface area contributed by atoms with Crippen LogP contribution in [0.5, 0.6) is 0 Å². The number of ether oxygens (including phenoxy) is 3. The highest BCUT2D eigenvalue weighted by atomic mass is 32.2. The first-order chi connectivity index (χ1) is 16.7. The summed E-state index contributed by atoms with van der Waals surface area (Å²) in [5.41, 5.74) is 3.18. The molecule has 0 aromatic heterocycles. The summed E-state index contributed by atoms with van der Waals surface area (Å²) in [5, 5.41) is 0. The van der Waals surface area contributed by atoms with Crippen LogP contribution in [0, 0.1) is 0 Å². The molecule has 0 saturated carbocycles. The minimum atomic E-state index is -0.687. The van der Waals surface area contributed by atoms with Crippen LogP contribution in [0.25, 0.3) is 6.08 Å². The van der Waals surface area contributed by atoms with Gasteiger partial charge in [-0.2, -0.15) is 0 Å². The van der Waals surface area contributed by atoms with E-state index in [4.69, 9.17) is 26.4 Å². The third-order valence-electron chi connectivity index (χ3n) is 5.75. The summed E-state index contributed by atoms with van der Waals surface area (Å²) in [7, 11) is 2.05. The van der Waals surface area contributed by atoms with E-state index in [0.717, 1.165) is 16.1 Å². The van der Waals surface area contributed by atoms with E-state index in [9.17, 15) is 9.59 Å². The van der Waals surface area contributed by atoms with Crippen molar-refractivity contribution in [2.45, 2.75) is 35.5 Å². The summed E-state index contributed by atoms with van der Waals surface area (Å²) >= 11 is 8.26. The van der Waals surface area contributed by atoms with Crippen LogP contribution in [0.2, 0.25) is 0 Å². The second-order valence-corrected chi connectivity index (χ2v) is 11.5. The zero-order chi connectivity index (χ0) is 24.7. The van der Waals surface area contributed by atoms with E-state index < -0.39 is 11.8 Å². The van der Waals surface area contributed by atoms with Crippen LogP contribution in [0.3, 0.4) is 0 Å². The number of nitrogens with zero attached hydrogens (tertiary/aromatic N) is 2. The van der Waals surface area contributed by atoms with Gasteiger partial charge in [-0.3, -0.25) is 14.5 Å². The lowest BCUT2D eigenvalue weighted by Crippen LogP contribution is -2.35. The fourth-order valence-corrected chi connectivity index (χ4v) is 6.49. The van der Waals surface area contributed by atoms with E-state index in [1.807, 2.05) is 31.3 Å². The van der Waals surface area contributed by atoms with Crippen LogP contribution in [-0.2, 0) is 23.8 Å². The monoisotopic (exact) mass is 528 g/mol. The SMILES string of the molecule is CN1c2ccccc2Sc2cc(/C=C3/SC(=S)N(CC(=O)OCC4COC(C)(C)O4)C3=O)ccc21. The maximum absolute atomic E-state index is 13.0. The molecule has 2 aromatic carbocycles. The van der Waals surface area contributed by atoms with Crippen molar-refractivity contribution in [1.82, 2.24) is 4.90 Å². The van der Waals surface area contributed by atoms with Crippen molar-refractivity contribution in [3.8, 4) is 0 Å². The summed E-state index contributed by atoms with van der Waals surface area (Å²) in [6.07, 6.45) is 1.49. The molecule has 1 amide bonds. The molecule has 0 spiro atoms. The Morgan fingerprint density at radius 1 is 1.20 bits per heavy atom. The molecule has 182 valence electrons. The van der Waals surface area contributed by atoms with Gasteiger partial charge in [0.1, 0.15) is 23.6 Å². The van der Waals surface area contributed by atoms with Crippen molar-refractivity contribution in [2.24, 2.45) is 0 Å². The lowest BCUT2D eigenvalue weighted by molar-refractivity contribution is -0.159. The van der Waals surface area contributed by atoms with Crippen LogP contribution >= 0.6 is 35.7 Å². The third kappa shape index (κ3) is 5.12. The van der Waals surface area contributed by atoms with Crippen molar-refractivity contribution < 1.29 is 23.8 Å². The molecule has 5 rings (SSSR count). The van der Waals surface area contributed by atoms with Gasteiger partial charge in [0, 0.05) is 16.8 Å². The van der Waals surface area contributed by atoms with E-state index in [-0.39, 0.29) is 25.2 Å². The highest BCUT2D eigenvalue weighted by Crippen LogP contribution is 2.47. The van der Waals surface area contributed by atoms with Gasteiger partial charge in [-0.1, -0.05) is 53.9 Å². The number of fused-ring (bicyclic) bond motifs is 2. The summed E-state index contributed by atoms with van der Waals surface area (Å²) in [5.74, 6) is -1.53. The molecule has 0 aliphatic carbocycles. The van der Waals surface area contributed by atoms with Crippen LogP contribution in [0.4, 0.5) is 11.4 Å². The number of thiocarbonyl (C=S) groups is 1. The minimum absolute atomic E-state index is 0.0667. The Balaban J connectivity index is 1.24. The molecular formula is C25H24N2O5S3. The van der Waals surface area contributed by atoms with E-state index in [1.54, 1.807) is 25.6 Å². The van der Waals surface area contributed by atoms with Gasteiger partial charge in [0.25, 0.3) is 5.91 Å². The average Bonchev–Trinajstić information content (AvgIpc) is 3.30. The number of amides is 1. The van der Waals surface area contributed by atoms with Gasteiger partial charge in [-0.05, 0) is 49.8 Å². The number of benzene rings is 2. The molecule has 7 nitrogen and oxygen atoms in total. The first-order valence-electron chi connectivity index (χ1n) is 11.1. The summed E-state index contributed by atoms with van der Waals surface area (Å²) in [6, 6.07) is 14.4. The maximum Gasteiger partial charge on any atom is 0.326 e. The fraction of sp³-hybridized carbons (Fsp3) is 0.320. The molecular weight excluding hydrogens is 504 g/mol. The Labute approximate surface area is 217 Å². The number of para-hydroxylation sites is 1. The van der Waals surface area contributed by atoms with Gasteiger partial charge in [-0.15, -0.1) is 0 Å². The number of hydrogen-bond acceptors (Lipinski definition) is 9. The minimum Gasteiger partial charge on any atom is -0.461 e. The third-order valence-corrected chi connectivity index (χ3v) is 8.24.